The van der Waals surface area contributed by atoms with E-state index in [1.54, 1.807) is 6.92 Å². The molecule has 5 nitrogen and oxygen atoms in total. The number of carbonyl (C=O) groups is 1. The molecule has 0 aliphatic heterocycles. The highest BCUT2D eigenvalue weighted by atomic mass is 79.9. The Hall–Kier alpha value is -1.93. The molecular weight excluding hydrogens is 389 g/mol. The number of halogens is 2. The first-order valence-electron chi connectivity index (χ1n) is 6.41. The van der Waals surface area contributed by atoms with Crippen molar-refractivity contribution in [3.8, 4) is 5.75 Å². The third-order valence-corrected chi connectivity index (χ3v) is 4.90. The molecule has 2 aromatic carbocycles. The van der Waals surface area contributed by atoms with Crippen molar-refractivity contribution in [1.82, 2.24) is 4.72 Å². The van der Waals surface area contributed by atoms with Gasteiger partial charge < -0.3 is 4.74 Å². The lowest BCUT2D eigenvalue weighted by Crippen LogP contribution is -2.31. The van der Waals surface area contributed by atoms with Gasteiger partial charge in [-0.1, -0.05) is 15.9 Å². The Labute approximate surface area is 141 Å². The molecule has 0 spiro atoms. The van der Waals surface area contributed by atoms with Crippen LogP contribution in [0.15, 0.2) is 45.8 Å². The van der Waals surface area contributed by atoms with Gasteiger partial charge in [0.2, 0.25) is 0 Å². The van der Waals surface area contributed by atoms with Crippen LogP contribution in [-0.4, -0.2) is 21.4 Å². The maximum atomic E-state index is 13.7. The highest BCUT2D eigenvalue weighted by molar-refractivity contribution is 9.10. The van der Waals surface area contributed by atoms with Gasteiger partial charge >= 0.3 is 0 Å². The molecule has 23 heavy (non-hydrogen) atoms. The fraction of sp³-hybridized carbons (Fsp3) is 0.133. The summed E-state index contributed by atoms with van der Waals surface area (Å²) in [4.78, 5) is 11.9. The number of aryl methyl sites for hydroxylation is 1. The molecule has 0 atom stereocenters. The predicted molar refractivity (Wildman–Crippen MR) is 86.5 cm³/mol. The number of methoxy groups -OCH3 is 1. The second kappa shape index (κ2) is 6.67. The number of hydrogen-bond acceptors (Lipinski definition) is 4. The van der Waals surface area contributed by atoms with Gasteiger partial charge in [0, 0.05) is 4.47 Å². The number of ether oxygens (including phenoxy) is 1. The second-order valence-corrected chi connectivity index (χ2v) is 7.29. The van der Waals surface area contributed by atoms with Gasteiger partial charge in [-0.2, -0.15) is 0 Å². The first-order chi connectivity index (χ1) is 10.7. The van der Waals surface area contributed by atoms with E-state index in [0.29, 0.717) is 15.8 Å². The standard InChI is InChI=1S/C15H13BrFNO4S/c1-9-7-11(4-6-14(9)22-2)23(20,21)18-15(19)12-5-3-10(16)8-13(12)17/h3-8H,1-2H3,(H,18,19). The van der Waals surface area contributed by atoms with Gasteiger partial charge in [-0.25, -0.2) is 17.5 Å². The summed E-state index contributed by atoms with van der Waals surface area (Å²) in [5, 5.41) is 0. The minimum Gasteiger partial charge on any atom is -0.496 e. The van der Waals surface area contributed by atoms with Crippen LogP contribution in [0.1, 0.15) is 15.9 Å². The Morgan fingerprint density at radius 2 is 1.91 bits per heavy atom. The first-order valence-corrected chi connectivity index (χ1v) is 8.69. The number of benzene rings is 2. The van der Waals surface area contributed by atoms with Gasteiger partial charge in [0.1, 0.15) is 11.6 Å². The van der Waals surface area contributed by atoms with Gasteiger partial charge in [0.25, 0.3) is 15.9 Å². The van der Waals surface area contributed by atoms with Gasteiger partial charge in [-0.3, -0.25) is 4.79 Å². The maximum Gasteiger partial charge on any atom is 0.267 e. The zero-order valence-corrected chi connectivity index (χ0v) is 14.7. The molecule has 1 amide bonds. The number of amides is 1. The van der Waals surface area contributed by atoms with Gasteiger partial charge in [0.05, 0.1) is 17.6 Å². The molecular formula is C15H13BrFNO4S. The lowest BCUT2D eigenvalue weighted by atomic mass is 10.2. The lowest BCUT2D eigenvalue weighted by molar-refractivity contribution is 0.0977. The molecule has 2 aromatic rings. The van der Waals surface area contributed by atoms with Crippen molar-refractivity contribution >= 4 is 31.9 Å². The van der Waals surface area contributed by atoms with Crippen LogP contribution in [0.25, 0.3) is 0 Å². The average molecular weight is 402 g/mol. The number of hydrogen-bond donors (Lipinski definition) is 1. The molecule has 0 aliphatic carbocycles. The highest BCUT2D eigenvalue weighted by Crippen LogP contribution is 2.22. The summed E-state index contributed by atoms with van der Waals surface area (Å²) in [5.41, 5.74) is 0.236. The van der Waals surface area contributed by atoms with E-state index in [1.807, 2.05) is 4.72 Å². The molecule has 0 heterocycles. The van der Waals surface area contributed by atoms with Crippen LogP contribution < -0.4 is 9.46 Å². The molecule has 1 N–H and O–H groups in total. The summed E-state index contributed by atoms with van der Waals surface area (Å²) in [5.74, 6) is -1.34. The summed E-state index contributed by atoms with van der Waals surface area (Å²) in [6.07, 6.45) is 0. The lowest BCUT2D eigenvalue weighted by Gasteiger charge is -2.10. The fourth-order valence-corrected chi connectivity index (χ4v) is 3.31. The van der Waals surface area contributed by atoms with Crippen molar-refractivity contribution in [1.29, 1.82) is 0 Å². The summed E-state index contributed by atoms with van der Waals surface area (Å²) in [7, 11) is -2.65. The van der Waals surface area contributed by atoms with Crippen LogP contribution in [0.2, 0.25) is 0 Å². The van der Waals surface area contributed by atoms with Crippen LogP contribution in [0.4, 0.5) is 4.39 Å². The Kier molecular flexibility index (Phi) is 5.06. The normalized spacial score (nSPS) is 11.1. The monoisotopic (exact) mass is 401 g/mol. The van der Waals surface area contributed by atoms with Gasteiger partial charge in [0.15, 0.2) is 0 Å². The van der Waals surface area contributed by atoms with E-state index >= 15 is 0 Å². The van der Waals surface area contributed by atoms with Gasteiger partial charge in [-0.05, 0) is 48.9 Å². The van der Waals surface area contributed by atoms with E-state index in [-0.39, 0.29) is 10.5 Å². The molecule has 2 rings (SSSR count). The van der Waals surface area contributed by atoms with Crippen molar-refractivity contribution in [3.63, 3.8) is 0 Å². The first kappa shape index (κ1) is 17.4. The third kappa shape index (κ3) is 3.89. The maximum absolute atomic E-state index is 13.7. The quantitative estimate of drug-likeness (QED) is 0.854. The van der Waals surface area contributed by atoms with Crippen molar-refractivity contribution in [3.05, 3.63) is 57.8 Å². The van der Waals surface area contributed by atoms with Crippen LogP contribution in [0.3, 0.4) is 0 Å². The number of sulfonamides is 1. The molecule has 8 heteroatoms. The summed E-state index contributed by atoms with van der Waals surface area (Å²) in [6.45, 7) is 1.67. The number of nitrogens with one attached hydrogen (secondary N) is 1. The predicted octanol–water partition coefficient (Wildman–Crippen LogP) is 3.02. The Morgan fingerprint density at radius 1 is 1.22 bits per heavy atom. The molecule has 0 bridgehead atoms. The molecule has 0 saturated carbocycles. The second-order valence-electron chi connectivity index (χ2n) is 4.69. The van der Waals surface area contributed by atoms with E-state index in [9.17, 15) is 17.6 Å². The number of rotatable bonds is 4. The van der Waals surface area contributed by atoms with E-state index in [1.165, 1.54) is 37.4 Å². The van der Waals surface area contributed by atoms with Crippen molar-refractivity contribution < 1.29 is 22.3 Å². The van der Waals surface area contributed by atoms with E-state index < -0.39 is 21.7 Å². The molecule has 0 aliphatic rings. The minimum atomic E-state index is -4.12. The SMILES string of the molecule is COc1ccc(S(=O)(=O)NC(=O)c2ccc(Br)cc2F)cc1C. The smallest absolute Gasteiger partial charge is 0.267 e. The molecule has 0 unspecified atom stereocenters. The average Bonchev–Trinajstić information content (AvgIpc) is 2.46. The summed E-state index contributed by atoms with van der Waals surface area (Å²) in [6, 6.07) is 7.88. The fourth-order valence-electron chi connectivity index (χ4n) is 1.93. The zero-order valence-electron chi connectivity index (χ0n) is 12.3. The Bertz CT molecular complexity index is 868. The van der Waals surface area contributed by atoms with Crippen molar-refractivity contribution in [2.75, 3.05) is 7.11 Å². The largest absolute Gasteiger partial charge is 0.496 e. The Morgan fingerprint density at radius 3 is 2.48 bits per heavy atom. The minimum absolute atomic E-state index is 0.110. The van der Waals surface area contributed by atoms with Gasteiger partial charge in [-0.15, -0.1) is 0 Å². The molecule has 122 valence electrons. The van der Waals surface area contributed by atoms with Crippen molar-refractivity contribution in [2.24, 2.45) is 0 Å². The molecule has 0 fully saturated rings. The topological polar surface area (TPSA) is 72.5 Å². The van der Waals surface area contributed by atoms with Crippen molar-refractivity contribution in [2.45, 2.75) is 11.8 Å². The summed E-state index contributed by atoms with van der Waals surface area (Å²) >= 11 is 3.06. The van der Waals surface area contributed by atoms with E-state index in [2.05, 4.69) is 15.9 Å². The summed E-state index contributed by atoms with van der Waals surface area (Å²) < 4.78 is 45.6. The van der Waals surface area contributed by atoms with Crippen LogP contribution >= 0.6 is 15.9 Å². The zero-order chi connectivity index (χ0) is 17.2. The van der Waals surface area contributed by atoms with E-state index in [4.69, 9.17) is 4.74 Å². The Balaban J connectivity index is 2.30. The number of carbonyl (C=O) groups excluding carboxylic acids is 1. The molecule has 0 saturated heterocycles. The van der Waals surface area contributed by atoms with Crippen LogP contribution in [-0.2, 0) is 10.0 Å². The molecule has 0 radical (unpaired) electrons. The third-order valence-electron chi connectivity index (χ3n) is 3.08. The van der Waals surface area contributed by atoms with E-state index in [0.717, 1.165) is 6.07 Å². The van der Waals surface area contributed by atoms with Crippen LogP contribution in [0, 0.1) is 12.7 Å². The molecule has 0 aromatic heterocycles. The van der Waals surface area contributed by atoms with Crippen LogP contribution in [0.5, 0.6) is 5.75 Å². The highest BCUT2D eigenvalue weighted by Gasteiger charge is 2.21.